The first-order valence-electron chi connectivity index (χ1n) is 6.12. The average molecular weight is 331 g/mol. The molecule has 0 atom stereocenters. The number of benzene rings is 1. The summed E-state index contributed by atoms with van der Waals surface area (Å²) in [6.07, 6.45) is 2.23. The number of nitrogens with zero attached hydrogens (tertiary/aromatic N) is 1. The molecule has 0 saturated heterocycles. The van der Waals surface area contributed by atoms with Gasteiger partial charge in [-0.2, -0.15) is 0 Å². The fourth-order valence-corrected chi connectivity index (χ4v) is 2.23. The van der Waals surface area contributed by atoms with Crippen molar-refractivity contribution in [2.24, 2.45) is 0 Å². The van der Waals surface area contributed by atoms with Gasteiger partial charge in [-0.3, -0.25) is 4.79 Å². The summed E-state index contributed by atoms with van der Waals surface area (Å²) < 4.78 is -0.498. The first-order valence-corrected chi connectivity index (χ1v) is 7.29. The molecule has 1 aliphatic rings. The molecule has 1 saturated carbocycles. The Morgan fingerprint density at radius 1 is 1.39 bits per heavy atom. The SMILES string of the molecule is CC(C)(Br)C(=O)N(Cc1ccc(Cl)cc1)C1CC1. The van der Waals surface area contributed by atoms with Gasteiger partial charge in [0.1, 0.15) is 0 Å². The van der Waals surface area contributed by atoms with Crippen molar-refractivity contribution < 1.29 is 4.79 Å². The van der Waals surface area contributed by atoms with Gasteiger partial charge < -0.3 is 4.90 Å². The van der Waals surface area contributed by atoms with E-state index in [1.807, 2.05) is 43.0 Å². The first-order chi connectivity index (χ1) is 8.38. The predicted octanol–water partition coefficient (Wildman–Crippen LogP) is 4.00. The molecule has 1 aromatic carbocycles. The summed E-state index contributed by atoms with van der Waals surface area (Å²) in [5.74, 6) is 0.153. The molecule has 1 aromatic rings. The molecule has 98 valence electrons. The predicted molar refractivity (Wildman–Crippen MR) is 78.0 cm³/mol. The van der Waals surface area contributed by atoms with Crippen LogP contribution in [0, 0.1) is 0 Å². The highest BCUT2D eigenvalue weighted by Crippen LogP contribution is 2.32. The maximum atomic E-state index is 12.4. The Morgan fingerprint density at radius 3 is 2.39 bits per heavy atom. The van der Waals surface area contributed by atoms with Gasteiger partial charge in [-0.05, 0) is 44.4 Å². The van der Waals surface area contributed by atoms with Crippen molar-refractivity contribution in [3.05, 3.63) is 34.9 Å². The molecule has 0 bridgehead atoms. The molecule has 2 nitrogen and oxygen atoms in total. The largest absolute Gasteiger partial charge is 0.334 e. The van der Waals surface area contributed by atoms with Crippen LogP contribution in [0.5, 0.6) is 0 Å². The molecule has 0 heterocycles. The highest BCUT2D eigenvalue weighted by molar-refractivity contribution is 9.10. The summed E-state index contributed by atoms with van der Waals surface area (Å²) in [4.78, 5) is 14.3. The molecule has 0 N–H and O–H groups in total. The van der Waals surface area contributed by atoms with Crippen LogP contribution in [0.25, 0.3) is 0 Å². The Hall–Kier alpha value is -0.540. The third-order valence-electron chi connectivity index (χ3n) is 3.02. The van der Waals surface area contributed by atoms with E-state index in [2.05, 4.69) is 15.9 Å². The van der Waals surface area contributed by atoms with Crippen molar-refractivity contribution in [3.8, 4) is 0 Å². The van der Waals surface area contributed by atoms with Gasteiger partial charge in [0.05, 0.1) is 4.32 Å². The monoisotopic (exact) mass is 329 g/mol. The lowest BCUT2D eigenvalue weighted by molar-refractivity contribution is -0.134. The van der Waals surface area contributed by atoms with Gasteiger partial charge in [-0.25, -0.2) is 0 Å². The molecule has 18 heavy (non-hydrogen) atoms. The van der Waals surface area contributed by atoms with Crippen molar-refractivity contribution in [1.82, 2.24) is 4.90 Å². The fourth-order valence-electron chi connectivity index (χ4n) is 1.88. The van der Waals surface area contributed by atoms with Crippen LogP contribution in [0.4, 0.5) is 0 Å². The Bertz CT molecular complexity index is 434. The fraction of sp³-hybridized carbons (Fsp3) is 0.500. The number of hydrogen-bond donors (Lipinski definition) is 0. The summed E-state index contributed by atoms with van der Waals surface area (Å²) >= 11 is 9.32. The lowest BCUT2D eigenvalue weighted by atomic mass is 10.1. The van der Waals surface area contributed by atoms with Gasteiger partial charge in [0, 0.05) is 17.6 Å². The van der Waals surface area contributed by atoms with Crippen LogP contribution in [0.1, 0.15) is 32.3 Å². The van der Waals surface area contributed by atoms with Crippen LogP contribution < -0.4 is 0 Å². The minimum atomic E-state index is -0.498. The maximum absolute atomic E-state index is 12.4. The Morgan fingerprint density at radius 2 is 1.94 bits per heavy atom. The van der Waals surface area contributed by atoms with E-state index in [1.54, 1.807) is 0 Å². The van der Waals surface area contributed by atoms with Crippen molar-refractivity contribution in [3.63, 3.8) is 0 Å². The molecule has 4 heteroatoms. The van der Waals surface area contributed by atoms with Crippen LogP contribution in [-0.2, 0) is 11.3 Å². The minimum Gasteiger partial charge on any atom is -0.334 e. The van der Waals surface area contributed by atoms with E-state index in [4.69, 9.17) is 11.6 Å². The lowest BCUT2D eigenvalue weighted by Gasteiger charge is -2.28. The van der Waals surface area contributed by atoms with Crippen LogP contribution >= 0.6 is 27.5 Å². The number of alkyl halides is 1. The van der Waals surface area contributed by atoms with E-state index >= 15 is 0 Å². The normalized spacial score (nSPS) is 15.6. The van der Waals surface area contributed by atoms with E-state index in [1.165, 1.54) is 0 Å². The minimum absolute atomic E-state index is 0.153. The molecule has 0 radical (unpaired) electrons. The quantitative estimate of drug-likeness (QED) is 0.764. The van der Waals surface area contributed by atoms with Gasteiger partial charge in [-0.1, -0.05) is 39.7 Å². The van der Waals surface area contributed by atoms with Gasteiger partial charge in [0.25, 0.3) is 0 Å². The highest BCUT2D eigenvalue weighted by Gasteiger charge is 2.38. The smallest absolute Gasteiger partial charge is 0.239 e. The van der Waals surface area contributed by atoms with Crippen molar-refractivity contribution in [2.45, 2.75) is 43.6 Å². The number of hydrogen-bond acceptors (Lipinski definition) is 1. The highest BCUT2D eigenvalue weighted by atomic mass is 79.9. The van der Waals surface area contributed by atoms with Crippen molar-refractivity contribution in [1.29, 1.82) is 0 Å². The van der Waals surface area contributed by atoms with Crippen LogP contribution in [-0.4, -0.2) is 21.2 Å². The van der Waals surface area contributed by atoms with Gasteiger partial charge in [-0.15, -0.1) is 0 Å². The van der Waals surface area contributed by atoms with E-state index < -0.39 is 4.32 Å². The Balaban J connectivity index is 2.12. The lowest BCUT2D eigenvalue weighted by Crippen LogP contribution is -2.42. The third-order valence-corrected chi connectivity index (χ3v) is 3.61. The zero-order valence-corrected chi connectivity index (χ0v) is 13.0. The molecule has 0 aromatic heterocycles. The molecular formula is C14H17BrClNO. The number of rotatable bonds is 4. The Labute approximate surface area is 121 Å². The first kappa shape index (κ1) is 13.9. The van der Waals surface area contributed by atoms with Crippen molar-refractivity contribution >= 4 is 33.4 Å². The van der Waals surface area contributed by atoms with Crippen LogP contribution in [0.2, 0.25) is 5.02 Å². The van der Waals surface area contributed by atoms with E-state index in [-0.39, 0.29) is 5.91 Å². The summed E-state index contributed by atoms with van der Waals surface area (Å²) in [6, 6.07) is 8.10. The van der Waals surface area contributed by atoms with E-state index in [9.17, 15) is 4.79 Å². The number of carbonyl (C=O) groups excluding carboxylic acids is 1. The second kappa shape index (κ2) is 5.22. The number of amides is 1. The summed E-state index contributed by atoms with van der Waals surface area (Å²) in [5.41, 5.74) is 1.12. The number of carbonyl (C=O) groups is 1. The van der Waals surface area contributed by atoms with Crippen LogP contribution in [0.3, 0.4) is 0 Å². The van der Waals surface area contributed by atoms with Crippen molar-refractivity contribution in [2.75, 3.05) is 0 Å². The van der Waals surface area contributed by atoms with E-state index in [0.717, 1.165) is 23.4 Å². The average Bonchev–Trinajstić information content (AvgIpc) is 3.10. The molecule has 0 unspecified atom stereocenters. The van der Waals surface area contributed by atoms with Crippen LogP contribution in [0.15, 0.2) is 24.3 Å². The van der Waals surface area contributed by atoms with Gasteiger partial charge >= 0.3 is 0 Å². The second-order valence-electron chi connectivity index (χ2n) is 5.26. The zero-order valence-electron chi connectivity index (χ0n) is 10.6. The third kappa shape index (κ3) is 3.48. The molecule has 1 aliphatic carbocycles. The van der Waals surface area contributed by atoms with Gasteiger partial charge in [0.15, 0.2) is 0 Å². The summed E-state index contributed by atoms with van der Waals surface area (Å²) in [5, 5.41) is 0.726. The maximum Gasteiger partial charge on any atom is 0.239 e. The molecule has 1 fully saturated rings. The zero-order chi connectivity index (χ0) is 13.3. The second-order valence-corrected chi connectivity index (χ2v) is 7.68. The molecule has 1 amide bonds. The summed E-state index contributed by atoms with van der Waals surface area (Å²) in [7, 11) is 0. The standard InChI is InChI=1S/C14H17BrClNO/c1-14(2,15)13(18)17(12-7-8-12)9-10-3-5-11(16)6-4-10/h3-6,12H,7-9H2,1-2H3. The molecular weight excluding hydrogens is 314 g/mol. The molecule has 0 spiro atoms. The molecule has 2 rings (SSSR count). The topological polar surface area (TPSA) is 20.3 Å². The van der Waals surface area contributed by atoms with E-state index in [0.29, 0.717) is 12.6 Å². The Kier molecular flexibility index (Phi) is 4.02. The van der Waals surface area contributed by atoms with Gasteiger partial charge in [0.2, 0.25) is 5.91 Å². The molecule has 0 aliphatic heterocycles. The summed E-state index contributed by atoms with van der Waals surface area (Å²) in [6.45, 7) is 4.45. The number of halogens is 2.